The predicted molar refractivity (Wildman–Crippen MR) is 191 cm³/mol. The molecule has 0 heterocycles. The summed E-state index contributed by atoms with van der Waals surface area (Å²) in [5.74, 6) is -1.35. The Bertz CT molecular complexity index is 1170. The van der Waals surface area contributed by atoms with Gasteiger partial charge in [-0.3, -0.25) is 44.2 Å². The molecule has 0 bridgehead atoms. The van der Waals surface area contributed by atoms with Crippen LogP contribution in [0.15, 0.2) is 0 Å². The van der Waals surface area contributed by atoms with Crippen molar-refractivity contribution in [3.63, 3.8) is 0 Å². The van der Waals surface area contributed by atoms with Gasteiger partial charge in [-0.2, -0.15) is 0 Å². The lowest BCUT2D eigenvalue weighted by Crippen LogP contribution is -2.50. The number of nitrogens with one attached hydrogen (secondary N) is 5. The number of carbonyl (C=O) groups is 7. The van der Waals surface area contributed by atoms with Crippen LogP contribution in [-0.2, 0) is 33.6 Å². The number of hydrogen-bond acceptors (Lipinski definition) is 10. The van der Waals surface area contributed by atoms with Crippen molar-refractivity contribution >= 4 is 41.0 Å². The van der Waals surface area contributed by atoms with E-state index in [1.807, 2.05) is 0 Å². The van der Waals surface area contributed by atoms with E-state index < -0.39 is 41.0 Å². The van der Waals surface area contributed by atoms with Gasteiger partial charge in [-0.1, -0.05) is 32.6 Å². The molecule has 0 saturated heterocycles. The van der Waals surface area contributed by atoms with E-state index in [2.05, 4.69) is 33.5 Å². The molecule has 2 aliphatic rings. The van der Waals surface area contributed by atoms with Crippen molar-refractivity contribution in [1.82, 2.24) is 26.6 Å². The zero-order chi connectivity index (χ0) is 37.2. The van der Waals surface area contributed by atoms with Crippen molar-refractivity contribution in [3.05, 3.63) is 0 Å². The average molecular weight is 706 g/mol. The highest BCUT2D eigenvalue weighted by Crippen LogP contribution is 2.37. The summed E-state index contributed by atoms with van der Waals surface area (Å²) in [6, 6.07) is -1.78. The summed E-state index contributed by atoms with van der Waals surface area (Å²) in [7, 11) is 0. The van der Waals surface area contributed by atoms with E-state index in [0.29, 0.717) is 77.4 Å². The molecular weight excluding hydrogens is 642 g/mol. The Hall–Kier alpha value is -3.23. The molecule has 9 N–H and O–H groups in total. The molecule has 284 valence electrons. The van der Waals surface area contributed by atoms with E-state index in [1.54, 1.807) is 0 Å². The second kappa shape index (κ2) is 21.9. The van der Waals surface area contributed by atoms with Crippen molar-refractivity contribution in [1.29, 1.82) is 0 Å². The molecule has 0 aliphatic heterocycles. The van der Waals surface area contributed by atoms with Crippen LogP contribution in [0.4, 0.5) is 0 Å². The third-order valence-electron chi connectivity index (χ3n) is 9.94. The van der Waals surface area contributed by atoms with Crippen molar-refractivity contribution in [2.24, 2.45) is 11.5 Å². The summed E-state index contributed by atoms with van der Waals surface area (Å²) < 4.78 is 0. The van der Waals surface area contributed by atoms with Crippen LogP contribution in [0.5, 0.6) is 0 Å². The Kier molecular flexibility index (Phi) is 18.8. The Morgan fingerprint density at radius 3 is 1.58 bits per heavy atom. The van der Waals surface area contributed by atoms with Crippen molar-refractivity contribution in [2.75, 3.05) is 19.6 Å². The number of primary amides is 2. The van der Waals surface area contributed by atoms with Crippen LogP contribution in [0.1, 0.15) is 136 Å². The van der Waals surface area contributed by atoms with Gasteiger partial charge in [0.2, 0.25) is 23.6 Å². The molecule has 0 aromatic heterocycles. The number of hydrogen-bond donors (Lipinski definition) is 7. The van der Waals surface area contributed by atoms with Gasteiger partial charge in [-0.15, -0.1) is 0 Å². The molecule has 2 rings (SSSR count). The molecule has 2 unspecified atom stereocenters. The largest absolute Gasteiger partial charge is 0.368 e. The molecule has 2 saturated carbocycles. The number of Topliss-reactive ketones (excluding diaryl/α,β-unsaturated/α-hetero) is 3. The molecule has 14 nitrogen and oxygen atoms in total. The first-order valence-corrected chi connectivity index (χ1v) is 18.7. The first-order valence-electron chi connectivity index (χ1n) is 18.7. The van der Waals surface area contributed by atoms with Crippen LogP contribution in [0.3, 0.4) is 0 Å². The van der Waals surface area contributed by atoms with E-state index in [0.717, 1.165) is 44.9 Å². The molecule has 14 heteroatoms. The molecule has 0 spiro atoms. The van der Waals surface area contributed by atoms with Gasteiger partial charge in [0, 0.05) is 32.4 Å². The van der Waals surface area contributed by atoms with Crippen LogP contribution in [-0.4, -0.2) is 89.8 Å². The van der Waals surface area contributed by atoms with Gasteiger partial charge in [-0.05, 0) is 91.0 Å². The quantitative estimate of drug-likeness (QED) is 0.0512. The Morgan fingerprint density at radius 1 is 0.600 bits per heavy atom. The molecule has 4 amide bonds. The fourth-order valence-electron chi connectivity index (χ4n) is 6.15. The summed E-state index contributed by atoms with van der Waals surface area (Å²) >= 11 is 0. The van der Waals surface area contributed by atoms with E-state index in [-0.39, 0.29) is 42.0 Å². The number of amides is 4. The van der Waals surface area contributed by atoms with Gasteiger partial charge in [0.15, 0.2) is 0 Å². The van der Waals surface area contributed by atoms with Crippen LogP contribution >= 0.6 is 0 Å². The predicted octanol–water partition coefficient (Wildman–Crippen LogP) is 1.36. The topological polar surface area (TPSA) is 232 Å². The molecule has 2 aliphatic carbocycles. The minimum absolute atomic E-state index is 0.0107. The molecular formula is C36H63N7O7. The SMILES string of the molecule is CCCCCC(NC(=O)CCCC(=O)CCNCCCCC(NC1(C(C)=O)CC1)C(N)=O)C(=O)NCCCC[C@H](NC1(C(C)=O)CC1)C(N)=O. The zero-order valence-electron chi connectivity index (χ0n) is 30.6. The summed E-state index contributed by atoms with van der Waals surface area (Å²) in [6.45, 7) is 6.71. The van der Waals surface area contributed by atoms with Crippen LogP contribution in [0.25, 0.3) is 0 Å². The number of carbonyl (C=O) groups excluding carboxylic acids is 7. The van der Waals surface area contributed by atoms with E-state index in [4.69, 9.17) is 11.5 Å². The maximum atomic E-state index is 12.9. The lowest BCUT2D eigenvalue weighted by atomic mass is 10.0. The molecule has 0 radical (unpaired) electrons. The van der Waals surface area contributed by atoms with Gasteiger partial charge in [0.05, 0.1) is 23.2 Å². The normalized spacial score (nSPS) is 17.2. The van der Waals surface area contributed by atoms with E-state index >= 15 is 0 Å². The third kappa shape index (κ3) is 15.8. The molecule has 3 atom stereocenters. The van der Waals surface area contributed by atoms with Gasteiger partial charge >= 0.3 is 0 Å². The summed E-state index contributed by atoms with van der Waals surface area (Å²) in [6.07, 6.45) is 11.1. The maximum Gasteiger partial charge on any atom is 0.242 e. The van der Waals surface area contributed by atoms with E-state index in [9.17, 15) is 33.6 Å². The highest BCUT2D eigenvalue weighted by Gasteiger charge is 2.49. The molecule has 2 fully saturated rings. The Balaban J connectivity index is 1.60. The monoisotopic (exact) mass is 705 g/mol. The molecule has 50 heavy (non-hydrogen) atoms. The van der Waals surface area contributed by atoms with Gasteiger partial charge in [0.25, 0.3) is 0 Å². The standard InChI is InChI=1S/C36H63N7O7/c1-4-5-6-15-30(34(50)40-23-10-8-14-29(33(38)49)43-36(20-21-36)26(3)45)41-31(47)16-11-12-27(46)17-24-39-22-9-7-13-28(32(37)48)42-35(18-19-35)25(2)44/h28-30,39,42-43H,4-24H2,1-3H3,(H2,37,48)(H2,38,49)(H,40,50)(H,41,47)/t28?,29-,30?/m0/s1. The summed E-state index contributed by atoms with van der Waals surface area (Å²) in [5.41, 5.74) is 9.86. The number of ketones is 3. The zero-order valence-corrected chi connectivity index (χ0v) is 30.6. The first kappa shape index (κ1) is 42.9. The summed E-state index contributed by atoms with van der Waals surface area (Å²) in [4.78, 5) is 85.4. The van der Waals surface area contributed by atoms with Crippen molar-refractivity contribution in [2.45, 2.75) is 166 Å². The lowest BCUT2D eigenvalue weighted by Gasteiger charge is -2.22. The fourth-order valence-corrected chi connectivity index (χ4v) is 6.15. The minimum atomic E-state index is -0.655. The van der Waals surface area contributed by atoms with E-state index in [1.165, 1.54) is 13.8 Å². The Morgan fingerprint density at radius 2 is 1.10 bits per heavy atom. The van der Waals surface area contributed by atoms with Crippen molar-refractivity contribution in [3.8, 4) is 0 Å². The first-order chi connectivity index (χ1) is 23.7. The number of rotatable bonds is 31. The van der Waals surface area contributed by atoms with Crippen LogP contribution < -0.4 is 38.1 Å². The highest BCUT2D eigenvalue weighted by molar-refractivity contribution is 5.91. The number of unbranched alkanes of at least 4 members (excludes halogenated alkanes) is 4. The smallest absolute Gasteiger partial charge is 0.242 e. The maximum absolute atomic E-state index is 12.9. The average Bonchev–Trinajstić information content (AvgIpc) is 3.99. The molecule has 0 aromatic rings. The lowest BCUT2D eigenvalue weighted by molar-refractivity contribution is -0.129. The Labute approximate surface area is 297 Å². The van der Waals surface area contributed by atoms with Gasteiger partial charge in [0.1, 0.15) is 23.4 Å². The van der Waals surface area contributed by atoms with Crippen LogP contribution in [0, 0.1) is 0 Å². The fraction of sp³-hybridized carbons (Fsp3) is 0.806. The molecule has 0 aromatic carbocycles. The summed E-state index contributed by atoms with van der Waals surface area (Å²) in [5, 5.41) is 15.3. The van der Waals surface area contributed by atoms with Crippen molar-refractivity contribution < 1.29 is 33.6 Å². The second-order valence-electron chi connectivity index (χ2n) is 14.3. The highest BCUT2D eigenvalue weighted by atomic mass is 16.2. The van der Waals surface area contributed by atoms with Gasteiger partial charge in [-0.25, -0.2) is 0 Å². The number of nitrogens with two attached hydrogens (primary N) is 2. The van der Waals surface area contributed by atoms with Gasteiger partial charge < -0.3 is 27.4 Å². The minimum Gasteiger partial charge on any atom is -0.368 e. The second-order valence-corrected chi connectivity index (χ2v) is 14.3. The van der Waals surface area contributed by atoms with Crippen LogP contribution in [0.2, 0.25) is 0 Å². The third-order valence-corrected chi connectivity index (χ3v) is 9.94.